The lowest BCUT2D eigenvalue weighted by atomic mass is 10.2. The fourth-order valence-corrected chi connectivity index (χ4v) is 2.10. The molecule has 0 saturated carbocycles. The number of carboxylic acid groups (broad SMARTS) is 1. The van der Waals surface area contributed by atoms with Gasteiger partial charge in [0.05, 0.1) is 0 Å². The molecule has 1 N–H and O–H groups in total. The maximum absolute atomic E-state index is 12.5. The first-order valence-corrected chi connectivity index (χ1v) is 7.01. The van der Waals surface area contributed by atoms with E-state index in [1.54, 1.807) is 18.2 Å². The average Bonchev–Trinajstić information content (AvgIpc) is 2.49. The summed E-state index contributed by atoms with van der Waals surface area (Å²) in [5.74, 6) is -0.345. The molecule has 1 aliphatic rings. The van der Waals surface area contributed by atoms with Crippen molar-refractivity contribution in [3.05, 3.63) is 24.3 Å². The third-order valence-electron chi connectivity index (χ3n) is 3.24. The summed E-state index contributed by atoms with van der Waals surface area (Å²) in [4.78, 5) is 26.6. The van der Waals surface area contributed by atoms with Gasteiger partial charge in [0.25, 0.3) is 5.91 Å². The van der Waals surface area contributed by atoms with Gasteiger partial charge in [0.2, 0.25) is 6.10 Å². The van der Waals surface area contributed by atoms with Crippen molar-refractivity contribution in [1.82, 2.24) is 9.80 Å². The highest BCUT2D eigenvalue weighted by molar-refractivity contribution is 5.85. The van der Waals surface area contributed by atoms with Crippen LogP contribution >= 0.6 is 0 Å². The van der Waals surface area contributed by atoms with Gasteiger partial charge in [-0.3, -0.25) is 9.59 Å². The number of carbonyl (C=O) groups excluding carboxylic acids is 1. The summed E-state index contributed by atoms with van der Waals surface area (Å²) in [5.41, 5.74) is 0. The van der Waals surface area contributed by atoms with Crippen molar-refractivity contribution < 1.29 is 24.2 Å². The van der Waals surface area contributed by atoms with Gasteiger partial charge in [0.15, 0.2) is 11.5 Å². The molecule has 0 saturated heterocycles. The van der Waals surface area contributed by atoms with Gasteiger partial charge in [-0.15, -0.1) is 0 Å². The topological polar surface area (TPSA) is 79.3 Å². The molecule has 0 fully saturated rings. The summed E-state index contributed by atoms with van der Waals surface area (Å²) >= 11 is 0. The van der Waals surface area contributed by atoms with Crippen LogP contribution in [0.5, 0.6) is 11.5 Å². The van der Waals surface area contributed by atoms with E-state index >= 15 is 0 Å². The summed E-state index contributed by atoms with van der Waals surface area (Å²) in [6.07, 6.45) is -0.823. The van der Waals surface area contributed by atoms with Crippen molar-refractivity contribution in [2.75, 3.05) is 40.3 Å². The minimum atomic E-state index is -1.05. The van der Waals surface area contributed by atoms with E-state index in [1.807, 2.05) is 25.1 Å². The van der Waals surface area contributed by atoms with Crippen LogP contribution in [-0.2, 0) is 9.59 Å². The number of ether oxygens (including phenoxy) is 2. The standard InChI is InChI=1S/C15H20N2O5/c1-16(2)7-8-17(9-14(18)19)15(20)13-10-21-11-5-3-4-6-12(11)22-13/h3-6,13H,7-10H2,1-2H3,(H,18,19)/t13-/m0/s1. The molecule has 0 spiro atoms. The monoisotopic (exact) mass is 308 g/mol. The van der Waals surface area contributed by atoms with Gasteiger partial charge in [-0.2, -0.15) is 0 Å². The average molecular weight is 308 g/mol. The number of para-hydroxylation sites is 2. The van der Waals surface area contributed by atoms with E-state index in [0.717, 1.165) is 0 Å². The van der Waals surface area contributed by atoms with Gasteiger partial charge < -0.3 is 24.4 Å². The molecular formula is C15H20N2O5. The Hall–Kier alpha value is -2.28. The van der Waals surface area contributed by atoms with E-state index in [2.05, 4.69) is 0 Å². The Morgan fingerprint density at radius 1 is 1.23 bits per heavy atom. The first kappa shape index (κ1) is 16.1. The van der Waals surface area contributed by atoms with Crippen LogP contribution in [0.3, 0.4) is 0 Å². The van der Waals surface area contributed by atoms with Gasteiger partial charge in [-0.1, -0.05) is 12.1 Å². The zero-order chi connectivity index (χ0) is 16.1. The Morgan fingerprint density at radius 3 is 2.55 bits per heavy atom. The second kappa shape index (κ2) is 7.13. The van der Waals surface area contributed by atoms with E-state index in [1.165, 1.54) is 4.90 Å². The first-order valence-electron chi connectivity index (χ1n) is 7.01. The number of hydrogen-bond acceptors (Lipinski definition) is 5. The van der Waals surface area contributed by atoms with Crippen molar-refractivity contribution >= 4 is 11.9 Å². The number of carboxylic acids is 1. The van der Waals surface area contributed by atoms with E-state index in [4.69, 9.17) is 14.6 Å². The number of nitrogens with zero attached hydrogens (tertiary/aromatic N) is 2. The molecule has 22 heavy (non-hydrogen) atoms. The fraction of sp³-hybridized carbons (Fsp3) is 0.467. The third kappa shape index (κ3) is 4.11. The maximum Gasteiger partial charge on any atom is 0.323 e. The lowest BCUT2D eigenvalue weighted by molar-refractivity contribution is -0.149. The van der Waals surface area contributed by atoms with Gasteiger partial charge in [-0.25, -0.2) is 0 Å². The normalized spacial score (nSPS) is 16.4. The molecule has 1 heterocycles. The summed E-state index contributed by atoms with van der Waals surface area (Å²) < 4.78 is 11.1. The molecule has 1 aromatic carbocycles. The third-order valence-corrected chi connectivity index (χ3v) is 3.24. The molecule has 120 valence electrons. The zero-order valence-corrected chi connectivity index (χ0v) is 12.7. The number of amides is 1. The number of rotatable bonds is 6. The summed E-state index contributed by atoms with van der Waals surface area (Å²) in [7, 11) is 3.72. The van der Waals surface area contributed by atoms with Crippen molar-refractivity contribution in [1.29, 1.82) is 0 Å². The van der Waals surface area contributed by atoms with Gasteiger partial charge >= 0.3 is 5.97 Å². The highest BCUT2D eigenvalue weighted by Crippen LogP contribution is 2.31. The van der Waals surface area contributed by atoms with Gasteiger partial charge in [-0.05, 0) is 26.2 Å². The van der Waals surface area contributed by atoms with Crippen molar-refractivity contribution in [3.63, 3.8) is 0 Å². The molecule has 0 unspecified atom stereocenters. The Kier molecular flexibility index (Phi) is 5.21. The SMILES string of the molecule is CN(C)CCN(CC(=O)O)C(=O)[C@@H]1COc2ccccc2O1. The number of aliphatic carboxylic acids is 1. The fourth-order valence-electron chi connectivity index (χ4n) is 2.10. The second-order valence-electron chi connectivity index (χ2n) is 5.32. The van der Waals surface area contributed by atoms with Crippen LogP contribution in [-0.4, -0.2) is 73.2 Å². The molecule has 1 atom stereocenters. The number of likely N-dealkylation sites (N-methyl/N-ethyl adjacent to an activating group) is 1. The first-order chi connectivity index (χ1) is 10.5. The van der Waals surface area contributed by atoms with Crippen molar-refractivity contribution in [3.8, 4) is 11.5 Å². The largest absolute Gasteiger partial charge is 0.485 e. The summed E-state index contributed by atoms with van der Waals surface area (Å²) in [6.45, 7) is 0.616. The highest BCUT2D eigenvalue weighted by atomic mass is 16.6. The predicted molar refractivity (Wildman–Crippen MR) is 79.1 cm³/mol. The predicted octanol–water partition coefficient (Wildman–Crippen LogP) is 0.301. The Balaban J connectivity index is 2.05. The lowest BCUT2D eigenvalue weighted by Crippen LogP contribution is -2.49. The van der Waals surface area contributed by atoms with E-state index in [9.17, 15) is 9.59 Å². The smallest absolute Gasteiger partial charge is 0.323 e. The Labute approximate surface area is 129 Å². The van der Waals surface area contributed by atoms with Crippen molar-refractivity contribution in [2.45, 2.75) is 6.10 Å². The van der Waals surface area contributed by atoms with Crippen LogP contribution in [0.2, 0.25) is 0 Å². The molecule has 1 amide bonds. The number of benzene rings is 1. The summed E-state index contributed by atoms with van der Waals surface area (Å²) in [5, 5.41) is 8.97. The molecule has 7 heteroatoms. The van der Waals surface area contributed by atoms with Crippen LogP contribution in [0.25, 0.3) is 0 Å². The number of carbonyl (C=O) groups is 2. The zero-order valence-electron chi connectivity index (χ0n) is 12.7. The minimum Gasteiger partial charge on any atom is -0.485 e. The van der Waals surface area contributed by atoms with Crippen LogP contribution in [0.1, 0.15) is 0 Å². The highest BCUT2D eigenvalue weighted by Gasteiger charge is 2.31. The minimum absolute atomic E-state index is 0.0773. The number of hydrogen-bond donors (Lipinski definition) is 1. The quantitative estimate of drug-likeness (QED) is 0.814. The molecule has 0 aliphatic carbocycles. The van der Waals surface area contributed by atoms with Crippen LogP contribution in [0.4, 0.5) is 0 Å². The Morgan fingerprint density at radius 2 is 1.91 bits per heavy atom. The van der Waals surface area contributed by atoms with Crippen LogP contribution in [0.15, 0.2) is 24.3 Å². The number of fused-ring (bicyclic) bond motifs is 1. The molecule has 1 aromatic rings. The van der Waals surface area contributed by atoms with Crippen LogP contribution in [0, 0.1) is 0 Å². The second-order valence-corrected chi connectivity index (χ2v) is 5.32. The molecule has 7 nitrogen and oxygen atoms in total. The molecule has 2 rings (SSSR count). The van der Waals surface area contributed by atoms with Crippen molar-refractivity contribution in [2.24, 2.45) is 0 Å². The molecule has 1 aliphatic heterocycles. The maximum atomic E-state index is 12.5. The molecule has 0 bridgehead atoms. The molecular weight excluding hydrogens is 288 g/mol. The molecule has 0 aromatic heterocycles. The summed E-state index contributed by atoms with van der Waals surface area (Å²) in [6, 6.07) is 7.08. The van der Waals surface area contributed by atoms with Gasteiger partial charge in [0, 0.05) is 13.1 Å². The molecule has 0 radical (unpaired) electrons. The Bertz CT molecular complexity index is 546. The van der Waals surface area contributed by atoms with E-state index in [-0.39, 0.29) is 19.1 Å². The van der Waals surface area contributed by atoms with Crippen LogP contribution < -0.4 is 9.47 Å². The van der Waals surface area contributed by atoms with E-state index in [0.29, 0.717) is 24.6 Å². The van der Waals surface area contributed by atoms with E-state index < -0.39 is 12.1 Å². The van der Waals surface area contributed by atoms with Gasteiger partial charge in [0.1, 0.15) is 13.2 Å². The lowest BCUT2D eigenvalue weighted by Gasteiger charge is -2.30.